The summed E-state index contributed by atoms with van der Waals surface area (Å²) in [6.45, 7) is 7.71. The summed E-state index contributed by atoms with van der Waals surface area (Å²) in [7, 11) is 1.66. The van der Waals surface area contributed by atoms with Gasteiger partial charge >= 0.3 is 0 Å². The van der Waals surface area contributed by atoms with Gasteiger partial charge in [-0.2, -0.15) is 0 Å². The molecule has 1 N–H and O–H groups in total. The fourth-order valence-corrected chi connectivity index (χ4v) is 1.81. The maximum absolute atomic E-state index is 5.48. The molecule has 0 saturated heterocycles. The van der Waals surface area contributed by atoms with Crippen LogP contribution in [-0.2, 0) is 18.9 Å². The van der Waals surface area contributed by atoms with Crippen LogP contribution in [0.25, 0.3) is 0 Å². The minimum Gasteiger partial charge on any atom is -0.382 e. The van der Waals surface area contributed by atoms with Gasteiger partial charge in [0.1, 0.15) is 0 Å². The van der Waals surface area contributed by atoms with Crippen LogP contribution in [0, 0.1) is 5.92 Å². The molecule has 0 heterocycles. The van der Waals surface area contributed by atoms with Crippen molar-refractivity contribution in [1.82, 2.24) is 5.32 Å². The monoisotopic (exact) mass is 275 g/mol. The quantitative estimate of drug-likeness (QED) is 0.481. The lowest BCUT2D eigenvalue weighted by Crippen LogP contribution is -2.31. The Balaban J connectivity index is 1.67. The van der Waals surface area contributed by atoms with Gasteiger partial charge in [0.15, 0.2) is 0 Å². The first kappa shape index (κ1) is 16.9. The van der Waals surface area contributed by atoms with Gasteiger partial charge < -0.3 is 24.3 Å². The van der Waals surface area contributed by atoms with Gasteiger partial charge in [0, 0.05) is 19.7 Å². The SMILES string of the molecule is COCCOCCOCCOCCNC(C)C1CC1. The highest BCUT2D eigenvalue weighted by molar-refractivity contribution is 4.82. The lowest BCUT2D eigenvalue weighted by Gasteiger charge is -2.12. The summed E-state index contributed by atoms with van der Waals surface area (Å²) in [6.07, 6.45) is 2.77. The Bertz CT molecular complexity index is 200. The van der Waals surface area contributed by atoms with Gasteiger partial charge in [-0.3, -0.25) is 0 Å². The topological polar surface area (TPSA) is 49.0 Å². The number of hydrogen-bond donors (Lipinski definition) is 1. The van der Waals surface area contributed by atoms with Gasteiger partial charge in [0.05, 0.1) is 46.2 Å². The van der Waals surface area contributed by atoms with E-state index in [-0.39, 0.29) is 0 Å². The predicted octanol–water partition coefficient (Wildman–Crippen LogP) is 1.07. The molecule has 114 valence electrons. The molecule has 0 aliphatic heterocycles. The van der Waals surface area contributed by atoms with E-state index >= 15 is 0 Å². The van der Waals surface area contributed by atoms with Crippen LogP contribution in [0.3, 0.4) is 0 Å². The molecule has 0 aromatic rings. The van der Waals surface area contributed by atoms with E-state index in [0.717, 1.165) is 19.1 Å². The van der Waals surface area contributed by atoms with E-state index in [1.807, 2.05) is 0 Å². The molecule has 0 bridgehead atoms. The van der Waals surface area contributed by atoms with Crippen LogP contribution in [0.4, 0.5) is 0 Å². The van der Waals surface area contributed by atoms with Crippen LogP contribution < -0.4 is 5.32 Å². The summed E-state index contributed by atoms with van der Waals surface area (Å²) < 4.78 is 21.0. The van der Waals surface area contributed by atoms with Gasteiger partial charge in [-0.25, -0.2) is 0 Å². The molecular weight excluding hydrogens is 246 g/mol. The van der Waals surface area contributed by atoms with E-state index in [2.05, 4.69) is 12.2 Å². The molecule has 5 heteroatoms. The van der Waals surface area contributed by atoms with Crippen molar-refractivity contribution in [3.05, 3.63) is 0 Å². The van der Waals surface area contributed by atoms with Crippen LogP contribution in [0.15, 0.2) is 0 Å². The van der Waals surface area contributed by atoms with Gasteiger partial charge in [-0.15, -0.1) is 0 Å². The minimum absolute atomic E-state index is 0.615. The van der Waals surface area contributed by atoms with Crippen LogP contribution in [0.1, 0.15) is 19.8 Å². The fourth-order valence-electron chi connectivity index (χ4n) is 1.81. The normalized spacial score (nSPS) is 16.7. The predicted molar refractivity (Wildman–Crippen MR) is 74.5 cm³/mol. The first-order valence-electron chi connectivity index (χ1n) is 7.30. The lowest BCUT2D eigenvalue weighted by atomic mass is 10.2. The van der Waals surface area contributed by atoms with Gasteiger partial charge in [0.25, 0.3) is 0 Å². The maximum Gasteiger partial charge on any atom is 0.0701 e. The standard InChI is InChI=1S/C14H29NO4/c1-13(14-3-4-14)15-5-6-17-9-10-19-12-11-18-8-7-16-2/h13-15H,3-12H2,1-2H3. The van der Waals surface area contributed by atoms with Crippen molar-refractivity contribution >= 4 is 0 Å². The van der Waals surface area contributed by atoms with Gasteiger partial charge in [-0.1, -0.05) is 0 Å². The zero-order valence-corrected chi connectivity index (χ0v) is 12.4. The van der Waals surface area contributed by atoms with E-state index < -0.39 is 0 Å². The summed E-state index contributed by atoms with van der Waals surface area (Å²) in [5, 5.41) is 3.48. The molecule has 1 fully saturated rings. The van der Waals surface area contributed by atoms with Crippen molar-refractivity contribution in [2.45, 2.75) is 25.8 Å². The Morgan fingerprint density at radius 2 is 1.42 bits per heavy atom. The van der Waals surface area contributed by atoms with Crippen LogP contribution in [-0.4, -0.2) is 65.9 Å². The Labute approximate surface area is 116 Å². The number of nitrogens with one attached hydrogen (secondary N) is 1. The summed E-state index contributed by atoms with van der Waals surface area (Å²) in [5.74, 6) is 0.904. The molecule has 1 atom stereocenters. The Morgan fingerprint density at radius 1 is 0.895 bits per heavy atom. The number of hydrogen-bond acceptors (Lipinski definition) is 5. The van der Waals surface area contributed by atoms with Crippen molar-refractivity contribution in [2.75, 3.05) is 59.9 Å². The maximum atomic E-state index is 5.48. The molecule has 0 radical (unpaired) electrons. The molecule has 1 saturated carbocycles. The summed E-state index contributed by atoms with van der Waals surface area (Å²) in [4.78, 5) is 0. The molecule has 19 heavy (non-hydrogen) atoms. The third kappa shape index (κ3) is 10.3. The van der Waals surface area contributed by atoms with Crippen molar-refractivity contribution < 1.29 is 18.9 Å². The molecule has 1 aliphatic carbocycles. The third-order valence-electron chi connectivity index (χ3n) is 3.22. The van der Waals surface area contributed by atoms with E-state index in [4.69, 9.17) is 18.9 Å². The second-order valence-electron chi connectivity index (χ2n) is 4.91. The zero-order chi connectivity index (χ0) is 13.8. The van der Waals surface area contributed by atoms with E-state index in [9.17, 15) is 0 Å². The molecule has 1 unspecified atom stereocenters. The highest BCUT2D eigenvalue weighted by Crippen LogP contribution is 2.32. The van der Waals surface area contributed by atoms with Crippen molar-refractivity contribution in [3.8, 4) is 0 Å². The highest BCUT2D eigenvalue weighted by atomic mass is 16.6. The van der Waals surface area contributed by atoms with Gasteiger partial charge in [-0.05, 0) is 25.7 Å². The summed E-state index contributed by atoms with van der Waals surface area (Å²) >= 11 is 0. The largest absolute Gasteiger partial charge is 0.382 e. The van der Waals surface area contributed by atoms with Crippen molar-refractivity contribution in [3.63, 3.8) is 0 Å². The molecule has 1 aliphatic rings. The molecule has 0 amide bonds. The second kappa shape index (κ2) is 11.6. The average molecular weight is 275 g/mol. The molecular formula is C14H29NO4. The zero-order valence-electron chi connectivity index (χ0n) is 12.4. The molecule has 5 nitrogen and oxygen atoms in total. The molecule has 1 rings (SSSR count). The molecule has 0 spiro atoms. The van der Waals surface area contributed by atoms with Crippen molar-refractivity contribution in [2.24, 2.45) is 5.92 Å². The van der Waals surface area contributed by atoms with E-state index in [0.29, 0.717) is 45.7 Å². The van der Waals surface area contributed by atoms with Crippen molar-refractivity contribution in [1.29, 1.82) is 0 Å². The molecule has 0 aromatic carbocycles. The average Bonchev–Trinajstić information content (AvgIpc) is 3.24. The lowest BCUT2D eigenvalue weighted by molar-refractivity contribution is 0.00392. The summed E-state index contributed by atoms with van der Waals surface area (Å²) in [5.41, 5.74) is 0. The first-order valence-corrected chi connectivity index (χ1v) is 7.30. The van der Waals surface area contributed by atoms with E-state index in [1.165, 1.54) is 12.8 Å². The number of ether oxygens (including phenoxy) is 4. The highest BCUT2D eigenvalue weighted by Gasteiger charge is 2.26. The first-order chi connectivity index (χ1) is 9.34. The van der Waals surface area contributed by atoms with E-state index in [1.54, 1.807) is 7.11 Å². The Hall–Kier alpha value is -0.200. The fraction of sp³-hybridized carbons (Fsp3) is 1.00. The van der Waals surface area contributed by atoms with Crippen LogP contribution >= 0.6 is 0 Å². The third-order valence-corrected chi connectivity index (χ3v) is 3.22. The number of methoxy groups -OCH3 is 1. The Morgan fingerprint density at radius 3 is 1.95 bits per heavy atom. The Kier molecular flexibility index (Phi) is 10.3. The number of rotatable bonds is 14. The minimum atomic E-state index is 0.615. The van der Waals surface area contributed by atoms with Crippen LogP contribution in [0.5, 0.6) is 0 Å². The smallest absolute Gasteiger partial charge is 0.0701 e. The summed E-state index contributed by atoms with van der Waals surface area (Å²) in [6, 6.07) is 0.643. The molecule has 0 aromatic heterocycles. The second-order valence-corrected chi connectivity index (χ2v) is 4.91. The van der Waals surface area contributed by atoms with Crippen LogP contribution in [0.2, 0.25) is 0 Å². The van der Waals surface area contributed by atoms with Gasteiger partial charge in [0.2, 0.25) is 0 Å².